The Bertz CT molecular complexity index is 1550. The summed E-state index contributed by atoms with van der Waals surface area (Å²) in [5, 5.41) is 18.9. The Hall–Kier alpha value is -4.14. The summed E-state index contributed by atoms with van der Waals surface area (Å²) in [6.07, 6.45) is -2.79. The van der Waals surface area contributed by atoms with Crippen molar-refractivity contribution in [3.63, 3.8) is 0 Å². The van der Waals surface area contributed by atoms with E-state index in [1.807, 2.05) is 27.7 Å². The zero-order valence-electron chi connectivity index (χ0n) is 32.7. The molecule has 0 amide bonds. The molecule has 3 aliphatic heterocycles. The van der Waals surface area contributed by atoms with Crippen LogP contribution in [0.2, 0.25) is 0 Å². The van der Waals surface area contributed by atoms with Crippen molar-refractivity contribution in [2.75, 3.05) is 19.8 Å². The van der Waals surface area contributed by atoms with Gasteiger partial charge in [0.2, 0.25) is 0 Å². The Morgan fingerprint density at radius 3 is 1.36 bits per heavy atom. The van der Waals surface area contributed by atoms with E-state index in [1.54, 1.807) is 6.92 Å². The second kappa shape index (κ2) is 23.2. The second-order valence-corrected chi connectivity index (χ2v) is 16.0. The first-order valence-electron chi connectivity index (χ1n) is 17.7. The first-order chi connectivity index (χ1) is 26.4. The van der Waals surface area contributed by atoms with Crippen molar-refractivity contribution in [2.24, 2.45) is 50.7 Å². The smallest absolute Gasteiger partial charge is 0.303 e. The van der Waals surface area contributed by atoms with Gasteiger partial charge >= 0.3 is 23.9 Å². The van der Waals surface area contributed by atoms with Gasteiger partial charge in [-0.2, -0.15) is 0 Å². The molecule has 3 fully saturated rings. The van der Waals surface area contributed by atoms with E-state index in [0.717, 1.165) is 11.8 Å². The molecule has 0 spiro atoms. The van der Waals surface area contributed by atoms with Crippen LogP contribution in [0.3, 0.4) is 0 Å². The fourth-order valence-corrected chi connectivity index (χ4v) is 8.86. The van der Waals surface area contributed by atoms with Gasteiger partial charge in [-0.15, -0.1) is 0 Å². The monoisotopic (exact) mass is 829 g/mol. The van der Waals surface area contributed by atoms with Crippen molar-refractivity contribution in [3.8, 4) is 0 Å². The number of esters is 4. The Balaban J connectivity index is 0.000000457. The maximum Gasteiger partial charge on any atom is 0.303 e. The highest BCUT2D eigenvalue weighted by Gasteiger charge is 2.49. The molecule has 3 saturated heterocycles. The molecule has 56 heavy (non-hydrogen) atoms. The van der Waals surface area contributed by atoms with Crippen LogP contribution in [0.25, 0.3) is 31.3 Å². The number of carbonyl (C=O) groups is 4. The predicted molar refractivity (Wildman–Crippen MR) is 203 cm³/mol. The van der Waals surface area contributed by atoms with E-state index in [0.29, 0.717) is 0 Å². The molecule has 0 aromatic rings. The molecule has 7 unspecified atom stereocenters. The van der Waals surface area contributed by atoms with E-state index in [2.05, 4.69) is 30.1 Å². The molecule has 15 atom stereocenters. The number of carbonyl (C=O) groups excluding carboxylic acids is 4. The van der Waals surface area contributed by atoms with E-state index in [1.165, 1.54) is 39.5 Å². The van der Waals surface area contributed by atoms with Crippen molar-refractivity contribution >= 4 is 52.6 Å². The molecular formula is C32H51N11O11S2. The van der Waals surface area contributed by atoms with Crippen LogP contribution in [0.4, 0.5) is 0 Å². The Kier molecular flexibility index (Phi) is 19.9. The highest BCUT2D eigenvalue weighted by molar-refractivity contribution is 8.14. The molecular weight excluding hydrogens is 779 g/mol. The van der Waals surface area contributed by atoms with Crippen molar-refractivity contribution in [2.45, 2.75) is 121 Å². The second-order valence-electron chi connectivity index (χ2n) is 13.6. The van der Waals surface area contributed by atoms with Gasteiger partial charge in [0.1, 0.15) is 48.3 Å². The van der Waals surface area contributed by atoms with Gasteiger partial charge in [-0.25, -0.2) is 0 Å². The van der Waals surface area contributed by atoms with Gasteiger partial charge in [0.05, 0.1) is 18.2 Å². The van der Waals surface area contributed by atoms with E-state index in [9.17, 15) is 24.7 Å². The van der Waals surface area contributed by atoms with Crippen LogP contribution in [0.1, 0.15) is 62.3 Å². The molecule has 24 heteroatoms. The van der Waals surface area contributed by atoms with Crippen LogP contribution in [-0.4, -0.2) is 108 Å². The summed E-state index contributed by atoms with van der Waals surface area (Å²) < 4.78 is 38.9. The summed E-state index contributed by atoms with van der Waals surface area (Å²) in [5.74, 6) is -3.10. The fourth-order valence-electron chi connectivity index (χ4n) is 6.54. The number of hydrogen-bond acceptors (Lipinski definition) is 17. The van der Waals surface area contributed by atoms with E-state index < -0.39 is 76.5 Å². The average Bonchev–Trinajstić information content (AvgIpc) is 3.11. The number of azide groups is 3. The van der Waals surface area contributed by atoms with Gasteiger partial charge in [0.25, 0.3) is 0 Å². The predicted octanol–water partition coefficient (Wildman–Crippen LogP) is 5.35. The molecule has 3 N–H and O–H groups in total. The maximum atomic E-state index is 11.7. The highest BCUT2D eigenvalue weighted by atomic mass is 32.2. The number of hydrogen-bond donors (Lipinski definition) is 2. The molecule has 0 aromatic heterocycles. The molecule has 3 rings (SSSR count). The number of rotatable bonds is 13. The van der Waals surface area contributed by atoms with Gasteiger partial charge in [0, 0.05) is 72.3 Å². The van der Waals surface area contributed by atoms with Crippen LogP contribution in [0, 0.1) is 35.0 Å². The van der Waals surface area contributed by atoms with Gasteiger partial charge in [0.15, 0.2) is 5.17 Å². The van der Waals surface area contributed by atoms with Crippen LogP contribution in [0.15, 0.2) is 15.3 Å². The molecule has 0 saturated carbocycles. The topological polar surface area (TPSA) is 329 Å². The van der Waals surface area contributed by atoms with Crippen LogP contribution >= 0.6 is 23.5 Å². The highest BCUT2D eigenvalue weighted by Crippen LogP contribution is 2.44. The minimum Gasteiger partial charge on any atom is -0.463 e. The summed E-state index contributed by atoms with van der Waals surface area (Å²) in [7, 11) is 0. The normalized spacial score (nSPS) is 34.9. The Labute approximate surface area is 332 Å². The lowest BCUT2D eigenvalue weighted by Gasteiger charge is -2.47. The number of nitrogens with two attached hydrogens (primary N) is 1. The maximum absolute atomic E-state index is 11.7. The summed E-state index contributed by atoms with van der Waals surface area (Å²) >= 11 is 2.35. The zero-order chi connectivity index (χ0) is 42.3. The third-order valence-electron chi connectivity index (χ3n) is 9.50. The summed E-state index contributed by atoms with van der Waals surface area (Å²) in [6, 6.07) is -1.56. The van der Waals surface area contributed by atoms with Crippen molar-refractivity contribution in [1.29, 1.82) is 5.41 Å². The number of thioether (sulfide) groups is 2. The quantitative estimate of drug-likeness (QED) is 0.0450. The molecule has 3 heterocycles. The van der Waals surface area contributed by atoms with Crippen LogP contribution in [0.5, 0.6) is 0 Å². The van der Waals surface area contributed by atoms with E-state index in [-0.39, 0.29) is 60.8 Å². The molecule has 3 aliphatic rings. The van der Waals surface area contributed by atoms with E-state index >= 15 is 0 Å². The molecule has 0 bridgehead atoms. The van der Waals surface area contributed by atoms with Crippen molar-refractivity contribution < 1.29 is 52.3 Å². The minimum atomic E-state index is -0.970. The number of amidine groups is 1. The fraction of sp³-hybridized carbons (Fsp3) is 0.844. The van der Waals surface area contributed by atoms with Crippen LogP contribution < -0.4 is 5.73 Å². The van der Waals surface area contributed by atoms with E-state index in [4.69, 9.17) is 55.4 Å². The SMILES string of the molecule is CC(=O)OCC1O[C@@H](SC(=N)N)C(C)[C@@H](N=[N+]=[N-])[C@H]1C.CC(=O)OCC1O[C@@H](S[C@@H]2OC(COC(C)=O)[C@H](C)[C@H](N=[N+]=[N-])C2C)C(C)C(N=[N+]=[N-])[C@H]1OC(C)=O. The molecule has 0 radical (unpaired) electrons. The molecule has 312 valence electrons. The van der Waals surface area contributed by atoms with Crippen molar-refractivity contribution in [3.05, 3.63) is 31.3 Å². The van der Waals surface area contributed by atoms with Gasteiger partial charge < -0.3 is 38.9 Å². The third-order valence-corrected chi connectivity index (χ3v) is 12.1. The van der Waals surface area contributed by atoms with Gasteiger partial charge in [-0.05, 0) is 28.4 Å². The average molecular weight is 830 g/mol. The molecule has 0 aromatic carbocycles. The lowest BCUT2D eigenvalue weighted by atomic mass is 9.85. The van der Waals surface area contributed by atoms with Gasteiger partial charge in [-0.3, -0.25) is 24.6 Å². The number of nitrogens with one attached hydrogen (secondary N) is 1. The standard InChI is InChI=1S/C21H32N6O8S.C11H19N5O3S/c1-9-15(7-31-12(4)28)34-20(10(2)17(9)24-26-22)36-21-11(3)18(25-27-23)19(33-14(6)30)16(35-21)8-32-13(5)29;1-5-8(4-18-7(3)17)19-10(20-11(12)13)6(2)9(5)15-16-14/h9-11,15-21H,7-8H2,1-6H3;5-6,8-10H,4H2,1-3H3,(H3,12,13)/t9-,10?,11?,15?,16?,17-,18?,19-,20-,21-;5-,6?,8?,9-,10-/m00/s1. The molecule has 22 nitrogen and oxygen atoms in total. The summed E-state index contributed by atoms with van der Waals surface area (Å²) in [5.41, 5.74) is 30.8. The number of nitrogens with zero attached hydrogens (tertiary/aromatic N) is 9. The first kappa shape index (κ1) is 48.0. The van der Waals surface area contributed by atoms with Gasteiger partial charge in [-0.1, -0.05) is 73.5 Å². The Morgan fingerprint density at radius 2 is 0.964 bits per heavy atom. The van der Waals surface area contributed by atoms with Crippen LogP contribution in [-0.2, 0) is 52.3 Å². The minimum absolute atomic E-state index is 0.0102. The Morgan fingerprint density at radius 1 is 0.607 bits per heavy atom. The summed E-state index contributed by atoms with van der Waals surface area (Å²) in [4.78, 5) is 54.2. The lowest BCUT2D eigenvalue weighted by molar-refractivity contribution is -0.183. The number of ether oxygens (including phenoxy) is 7. The summed E-state index contributed by atoms with van der Waals surface area (Å²) in [6.45, 7) is 14.2. The third kappa shape index (κ3) is 14.1. The first-order valence-corrected chi connectivity index (χ1v) is 19.5. The van der Waals surface area contributed by atoms with Crippen molar-refractivity contribution in [1.82, 2.24) is 0 Å². The largest absolute Gasteiger partial charge is 0.463 e. The zero-order valence-corrected chi connectivity index (χ0v) is 34.3. The lowest BCUT2D eigenvalue weighted by Crippen LogP contribution is -2.56. The molecule has 0 aliphatic carbocycles.